The zero-order valence-corrected chi connectivity index (χ0v) is 11.4. The minimum atomic E-state index is -1.96. The molecule has 2 unspecified atom stereocenters. The topological polar surface area (TPSA) is 227 Å². The van der Waals surface area contributed by atoms with Crippen molar-refractivity contribution in [2.45, 2.75) is 10.9 Å². The molecule has 0 aromatic heterocycles. The molecule has 2 heterocycles. The lowest BCUT2D eigenvalue weighted by Crippen LogP contribution is -2.48. The summed E-state index contributed by atoms with van der Waals surface area (Å²) in [6.07, 6.45) is -2.29. The van der Waals surface area contributed by atoms with Crippen LogP contribution in [0.25, 0.3) is 0 Å². The van der Waals surface area contributed by atoms with Gasteiger partial charge in [0.1, 0.15) is 11.6 Å². The van der Waals surface area contributed by atoms with Gasteiger partial charge in [0.25, 0.3) is 0 Å². The molecule has 0 aromatic rings. The molecule has 12 nitrogen and oxygen atoms in total. The number of hydrogen-bond donors (Lipinski definition) is 6. The highest BCUT2D eigenvalue weighted by Gasteiger charge is 2.57. The maximum absolute atomic E-state index is 11.2. The van der Waals surface area contributed by atoms with Crippen molar-refractivity contribution in [3.63, 3.8) is 0 Å². The van der Waals surface area contributed by atoms with Gasteiger partial charge in [-0.1, -0.05) is 0 Å². The maximum atomic E-state index is 11.2. The average Bonchev–Trinajstić information content (AvgIpc) is 2.75. The van der Waals surface area contributed by atoms with Crippen LogP contribution in [0.3, 0.4) is 0 Å². The third-order valence-corrected chi connectivity index (χ3v) is 3.83. The van der Waals surface area contributed by atoms with Crippen LogP contribution in [0.15, 0.2) is 23.2 Å². The SMILES string of the molecule is NC(N)=C1OC(=O)OC1(N)PC1(N)OC(=O)OC1=C(N)N. The molecule has 0 saturated carbocycles. The second kappa shape index (κ2) is 4.55. The summed E-state index contributed by atoms with van der Waals surface area (Å²) in [5.41, 5.74) is 29.2. The van der Waals surface area contributed by atoms with Gasteiger partial charge in [0, 0.05) is 8.58 Å². The van der Waals surface area contributed by atoms with Gasteiger partial charge < -0.3 is 41.9 Å². The summed E-state index contributed by atoms with van der Waals surface area (Å²) in [4.78, 5) is 22.4. The molecule has 116 valence electrons. The monoisotopic (exact) mass is 320 g/mol. The normalized spacial score (nSPS) is 31.9. The summed E-state index contributed by atoms with van der Waals surface area (Å²) in [7, 11) is -0.853. The van der Waals surface area contributed by atoms with E-state index in [1.807, 2.05) is 0 Å². The Hall–Kier alpha value is -2.43. The second-order valence-corrected chi connectivity index (χ2v) is 5.81. The first-order chi connectivity index (χ1) is 9.57. The average molecular weight is 320 g/mol. The van der Waals surface area contributed by atoms with Gasteiger partial charge in [-0.3, -0.25) is 11.5 Å². The van der Waals surface area contributed by atoms with E-state index in [-0.39, 0.29) is 11.5 Å². The Kier molecular flexibility index (Phi) is 3.24. The van der Waals surface area contributed by atoms with Gasteiger partial charge in [0.05, 0.1) is 0 Å². The number of rotatable bonds is 2. The van der Waals surface area contributed by atoms with Crippen LogP contribution in [0.4, 0.5) is 9.59 Å². The zero-order valence-electron chi connectivity index (χ0n) is 10.4. The maximum Gasteiger partial charge on any atom is 0.516 e. The molecule has 2 rings (SSSR count). The lowest BCUT2D eigenvalue weighted by Gasteiger charge is -2.29. The van der Waals surface area contributed by atoms with Crippen molar-refractivity contribution in [2.75, 3.05) is 0 Å². The predicted molar refractivity (Wildman–Crippen MR) is 68.1 cm³/mol. The van der Waals surface area contributed by atoms with Gasteiger partial charge in [-0.25, -0.2) is 9.59 Å². The molecule has 2 atom stereocenters. The van der Waals surface area contributed by atoms with Crippen molar-refractivity contribution in [1.82, 2.24) is 0 Å². The number of carbonyl (C=O) groups is 2. The highest BCUT2D eigenvalue weighted by atomic mass is 31.1. The molecular formula is C8H13N6O6P. The number of carbonyl (C=O) groups excluding carboxylic acids is 2. The van der Waals surface area contributed by atoms with Gasteiger partial charge >= 0.3 is 12.3 Å². The summed E-state index contributed by atoms with van der Waals surface area (Å²) >= 11 is 0. The zero-order chi connectivity index (χ0) is 16.0. The molecule has 2 saturated heterocycles. The first kappa shape index (κ1) is 15.0. The van der Waals surface area contributed by atoms with Crippen LogP contribution in [0, 0.1) is 0 Å². The third-order valence-electron chi connectivity index (χ3n) is 2.43. The highest BCUT2D eigenvalue weighted by molar-refractivity contribution is 7.42. The van der Waals surface area contributed by atoms with Crippen molar-refractivity contribution >= 4 is 20.9 Å². The highest BCUT2D eigenvalue weighted by Crippen LogP contribution is 2.52. The minimum Gasteiger partial charge on any atom is -0.401 e. The van der Waals surface area contributed by atoms with E-state index in [0.717, 1.165) is 0 Å². The van der Waals surface area contributed by atoms with Gasteiger partial charge in [0.2, 0.25) is 22.5 Å². The molecule has 2 aliphatic rings. The van der Waals surface area contributed by atoms with E-state index in [1.165, 1.54) is 0 Å². The van der Waals surface area contributed by atoms with Crippen LogP contribution in [0.2, 0.25) is 0 Å². The largest absolute Gasteiger partial charge is 0.516 e. The Balaban J connectivity index is 2.40. The predicted octanol–water partition coefficient (Wildman–Crippen LogP) is -2.60. The van der Waals surface area contributed by atoms with Crippen LogP contribution in [0.5, 0.6) is 0 Å². The molecule has 13 heteroatoms. The molecule has 12 N–H and O–H groups in total. The molecular weight excluding hydrogens is 307 g/mol. The summed E-state index contributed by atoms with van der Waals surface area (Å²) in [5.74, 6) is -1.55. The number of cyclic esters (lactones) is 4. The van der Waals surface area contributed by atoms with Crippen LogP contribution in [-0.2, 0) is 18.9 Å². The smallest absolute Gasteiger partial charge is 0.401 e. The van der Waals surface area contributed by atoms with Gasteiger partial charge in [0.15, 0.2) is 0 Å². The van der Waals surface area contributed by atoms with E-state index in [9.17, 15) is 9.59 Å². The third kappa shape index (κ3) is 2.46. The van der Waals surface area contributed by atoms with Crippen molar-refractivity contribution in [3.8, 4) is 0 Å². The first-order valence-electron chi connectivity index (χ1n) is 5.27. The van der Waals surface area contributed by atoms with Gasteiger partial charge in [-0.05, 0) is 0 Å². The molecule has 0 aromatic carbocycles. The van der Waals surface area contributed by atoms with Crippen LogP contribution in [-0.4, -0.2) is 23.2 Å². The Morgan fingerprint density at radius 2 is 1.14 bits per heavy atom. The Bertz CT molecular complexity index is 534. The molecule has 0 radical (unpaired) electrons. The summed E-state index contributed by atoms with van der Waals surface area (Å²) in [5, 5.41) is 0. The molecule has 0 amide bonds. The second-order valence-electron chi connectivity index (χ2n) is 4.07. The standard InChI is InChI=1S/C8H13N6O6P/c9-3(10)1-7(13,19-5(15)17-1)21-8(14)2(4(11)12)18-6(16)20-8/h21H,9-14H2. The number of hydrogen-bond acceptors (Lipinski definition) is 12. The fraction of sp³-hybridized carbons (Fsp3) is 0.250. The number of nitrogens with two attached hydrogens (primary N) is 6. The van der Waals surface area contributed by atoms with Crippen molar-refractivity contribution in [2.24, 2.45) is 34.4 Å². The van der Waals surface area contributed by atoms with Crippen molar-refractivity contribution in [3.05, 3.63) is 23.2 Å². The Morgan fingerprint density at radius 1 is 0.810 bits per heavy atom. The molecule has 2 aliphatic heterocycles. The van der Waals surface area contributed by atoms with E-state index in [2.05, 4.69) is 9.47 Å². The first-order valence-corrected chi connectivity index (χ1v) is 6.27. The molecule has 0 spiro atoms. The van der Waals surface area contributed by atoms with E-state index in [4.69, 9.17) is 43.9 Å². The Morgan fingerprint density at radius 3 is 1.43 bits per heavy atom. The van der Waals surface area contributed by atoms with E-state index in [1.54, 1.807) is 0 Å². The van der Waals surface area contributed by atoms with Gasteiger partial charge in [-0.15, -0.1) is 0 Å². The minimum absolute atomic E-state index is 0.367. The Labute approximate surface area is 119 Å². The fourth-order valence-corrected chi connectivity index (χ4v) is 3.14. The van der Waals surface area contributed by atoms with Crippen LogP contribution < -0.4 is 34.4 Å². The lowest BCUT2D eigenvalue weighted by molar-refractivity contribution is 0.0976. The molecule has 0 aliphatic carbocycles. The lowest BCUT2D eigenvalue weighted by atomic mass is 10.4. The van der Waals surface area contributed by atoms with Crippen LogP contribution >= 0.6 is 8.58 Å². The number of ether oxygens (including phenoxy) is 4. The summed E-state index contributed by atoms with van der Waals surface area (Å²) in [6.45, 7) is 0. The van der Waals surface area contributed by atoms with Crippen LogP contribution in [0.1, 0.15) is 0 Å². The van der Waals surface area contributed by atoms with E-state index in [0.29, 0.717) is 0 Å². The quantitative estimate of drug-likeness (QED) is 0.227. The van der Waals surface area contributed by atoms with Gasteiger partial charge in [-0.2, -0.15) is 0 Å². The van der Waals surface area contributed by atoms with E-state index >= 15 is 0 Å². The molecule has 0 bridgehead atoms. The molecule has 21 heavy (non-hydrogen) atoms. The summed E-state index contributed by atoms with van der Waals surface area (Å²) < 4.78 is 18.9. The van der Waals surface area contributed by atoms with Crippen molar-refractivity contribution < 1.29 is 28.5 Å². The summed E-state index contributed by atoms with van der Waals surface area (Å²) in [6, 6.07) is 0. The fourth-order valence-electron chi connectivity index (χ4n) is 1.70. The van der Waals surface area contributed by atoms with E-state index < -0.39 is 43.5 Å². The van der Waals surface area contributed by atoms with Crippen molar-refractivity contribution in [1.29, 1.82) is 0 Å². The molecule has 2 fully saturated rings.